The number of amides is 1. The monoisotopic (exact) mass is 563 g/mol. The van der Waals surface area contributed by atoms with Gasteiger partial charge in [0.2, 0.25) is 11.8 Å². The lowest BCUT2D eigenvalue weighted by Crippen LogP contribution is -2.59. The molecule has 0 unspecified atom stereocenters. The number of likely N-dealkylation sites (tertiary alicyclic amines) is 1. The largest absolute Gasteiger partial charge is 0.451 e. The number of nitrogens with zero attached hydrogens (tertiary/aromatic N) is 3. The van der Waals surface area contributed by atoms with Crippen molar-refractivity contribution in [2.45, 2.75) is 64.5 Å². The first kappa shape index (κ1) is 28.0. The molecule has 2 aromatic carbocycles. The smallest absolute Gasteiger partial charge is 0.264 e. The van der Waals surface area contributed by atoms with E-state index in [-0.39, 0.29) is 27.7 Å². The third-order valence-corrected chi connectivity index (χ3v) is 8.88. The minimum atomic E-state index is -4.07. The lowest BCUT2D eigenvalue weighted by Gasteiger charge is -2.42. The summed E-state index contributed by atoms with van der Waals surface area (Å²) in [6, 6.07) is 13.6. The molecule has 0 saturated carbocycles. The second-order valence-corrected chi connectivity index (χ2v) is 13.7. The van der Waals surface area contributed by atoms with E-state index in [1.807, 2.05) is 32.0 Å². The molecule has 2 aliphatic heterocycles. The van der Waals surface area contributed by atoms with Crippen LogP contribution in [-0.4, -0.2) is 54.6 Å². The van der Waals surface area contributed by atoms with Crippen molar-refractivity contribution in [3.05, 3.63) is 65.2 Å². The van der Waals surface area contributed by atoms with Crippen LogP contribution in [0.25, 0.3) is 11.3 Å². The summed E-state index contributed by atoms with van der Waals surface area (Å²) in [7, 11) is -4.07. The Balaban J connectivity index is 1.58. The molecule has 0 atom stereocenters. The summed E-state index contributed by atoms with van der Waals surface area (Å²) in [5.74, 6) is -0.298. The van der Waals surface area contributed by atoms with Gasteiger partial charge in [-0.15, -0.1) is 0 Å². The van der Waals surface area contributed by atoms with Crippen LogP contribution < -0.4 is 14.8 Å². The number of ether oxygens (including phenoxy) is 1. The molecule has 3 aromatic rings. The van der Waals surface area contributed by atoms with Crippen LogP contribution in [0.15, 0.2) is 53.4 Å². The minimum absolute atomic E-state index is 0.0460. The zero-order valence-electron chi connectivity index (χ0n) is 23.7. The van der Waals surface area contributed by atoms with Gasteiger partial charge in [0.15, 0.2) is 5.72 Å². The van der Waals surface area contributed by atoms with Gasteiger partial charge in [-0.05, 0) is 61.6 Å². The molecule has 4 bridgehead atoms. The van der Waals surface area contributed by atoms with Gasteiger partial charge in [0.05, 0.1) is 10.6 Å². The highest BCUT2D eigenvalue weighted by Gasteiger charge is 2.40. The lowest BCUT2D eigenvalue weighted by molar-refractivity contribution is -0.0255. The van der Waals surface area contributed by atoms with Crippen LogP contribution in [0.3, 0.4) is 0 Å². The van der Waals surface area contributed by atoms with Gasteiger partial charge in [-0.2, -0.15) is 4.98 Å². The van der Waals surface area contributed by atoms with Crippen molar-refractivity contribution in [1.82, 2.24) is 20.2 Å². The molecule has 2 N–H and O–H groups in total. The van der Waals surface area contributed by atoms with E-state index in [0.717, 1.165) is 42.7 Å². The number of aryl methyl sites for hydroxylation is 2. The van der Waals surface area contributed by atoms with Gasteiger partial charge in [0.1, 0.15) is 0 Å². The Morgan fingerprint density at radius 3 is 2.35 bits per heavy atom. The van der Waals surface area contributed by atoms with Gasteiger partial charge < -0.3 is 15.0 Å². The Labute approximate surface area is 236 Å². The summed E-state index contributed by atoms with van der Waals surface area (Å²) in [5.41, 5.74) is 2.83. The topological polar surface area (TPSA) is 114 Å². The molecular weight excluding hydrogens is 526 g/mol. The summed E-state index contributed by atoms with van der Waals surface area (Å²) in [6.45, 7) is 13.1. The molecule has 5 rings (SSSR count). The van der Waals surface area contributed by atoms with Crippen molar-refractivity contribution < 1.29 is 17.9 Å². The first-order valence-corrected chi connectivity index (χ1v) is 15.1. The number of piperidine rings is 1. The summed E-state index contributed by atoms with van der Waals surface area (Å²) < 4.78 is 35.6. The zero-order valence-corrected chi connectivity index (χ0v) is 24.6. The molecule has 10 heteroatoms. The number of sulfonamides is 1. The average molecular weight is 564 g/mol. The van der Waals surface area contributed by atoms with Crippen LogP contribution in [-0.2, 0) is 10.0 Å². The normalized spacial score (nSPS) is 18.6. The Morgan fingerprint density at radius 2 is 1.68 bits per heavy atom. The second-order valence-electron chi connectivity index (χ2n) is 12.0. The molecule has 3 heterocycles. The minimum Gasteiger partial charge on any atom is -0.451 e. The van der Waals surface area contributed by atoms with E-state index >= 15 is 0 Å². The SMILES string of the molecule is Cc1cccc(C)c1-c1cc2nc(n1)NS(=O)(=O)c1cccc(c1)C(=O)NC1(CCN(CCC(C)(C)C)CC1)O2. The van der Waals surface area contributed by atoms with Gasteiger partial charge in [-0.25, -0.2) is 18.1 Å². The van der Waals surface area contributed by atoms with E-state index in [1.165, 1.54) is 12.1 Å². The molecule has 1 amide bonds. The molecule has 212 valence electrons. The molecular formula is C30H37N5O4S. The quantitative estimate of drug-likeness (QED) is 0.465. The molecule has 1 saturated heterocycles. The van der Waals surface area contributed by atoms with Crippen molar-refractivity contribution in [1.29, 1.82) is 0 Å². The highest BCUT2D eigenvalue weighted by atomic mass is 32.2. The van der Waals surface area contributed by atoms with E-state index in [0.29, 0.717) is 18.5 Å². The van der Waals surface area contributed by atoms with E-state index in [9.17, 15) is 13.2 Å². The number of nitrogens with one attached hydrogen (secondary N) is 2. The first-order valence-electron chi connectivity index (χ1n) is 13.7. The van der Waals surface area contributed by atoms with Gasteiger partial charge >= 0.3 is 0 Å². The van der Waals surface area contributed by atoms with Crippen molar-refractivity contribution >= 4 is 21.9 Å². The summed E-state index contributed by atoms with van der Waals surface area (Å²) >= 11 is 0. The first-order chi connectivity index (χ1) is 18.8. The van der Waals surface area contributed by atoms with Gasteiger partial charge in [0, 0.05) is 43.1 Å². The van der Waals surface area contributed by atoms with E-state index in [2.05, 4.69) is 45.7 Å². The highest BCUT2D eigenvalue weighted by Crippen LogP contribution is 2.33. The van der Waals surface area contributed by atoms with Gasteiger partial charge in [-0.3, -0.25) is 4.79 Å². The van der Waals surface area contributed by atoms with Crippen LogP contribution in [0.2, 0.25) is 0 Å². The van der Waals surface area contributed by atoms with Crippen molar-refractivity contribution in [2.75, 3.05) is 24.4 Å². The average Bonchev–Trinajstić information content (AvgIpc) is 2.87. The summed E-state index contributed by atoms with van der Waals surface area (Å²) in [6.07, 6.45) is 2.16. The Kier molecular flexibility index (Phi) is 7.35. The van der Waals surface area contributed by atoms with E-state index in [4.69, 9.17) is 4.74 Å². The Bertz CT molecular complexity index is 1520. The lowest BCUT2D eigenvalue weighted by atomic mass is 9.91. The number of hydrogen-bond acceptors (Lipinski definition) is 7. The molecule has 0 aliphatic carbocycles. The molecule has 1 spiro atoms. The van der Waals surface area contributed by atoms with Crippen molar-refractivity contribution in [2.24, 2.45) is 5.41 Å². The van der Waals surface area contributed by atoms with E-state index < -0.39 is 21.7 Å². The maximum Gasteiger partial charge on any atom is 0.264 e. The fourth-order valence-corrected chi connectivity index (χ4v) is 6.21. The third-order valence-electron chi connectivity index (χ3n) is 7.56. The van der Waals surface area contributed by atoms with Crippen LogP contribution in [0.4, 0.5) is 5.95 Å². The number of benzene rings is 2. The Hall–Kier alpha value is -3.50. The number of carbonyl (C=O) groups excluding carboxylic acids is 1. The predicted molar refractivity (Wildman–Crippen MR) is 155 cm³/mol. The Morgan fingerprint density at radius 1 is 1.00 bits per heavy atom. The van der Waals surface area contributed by atoms with Crippen LogP contribution in [0.1, 0.15) is 61.5 Å². The summed E-state index contributed by atoms with van der Waals surface area (Å²) in [5, 5.41) is 3.11. The standard InChI is InChI=1S/C30H37N5O4S/c1-20-8-6-9-21(2)26(20)24-19-25-32-28(31-24)34-40(37,38)23-11-7-10-22(18-23)27(36)33-30(39-25)13-16-35(17-14-30)15-12-29(3,4)5/h6-11,18-19H,12-17H2,1-5H3,(H,33,36)(H,31,32,34). The van der Waals surface area contributed by atoms with Crippen LogP contribution in [0, 0.1) is 19.3 Å². The number of aromatic nitrogens is 2. The fraction of sp³-hybridized carbons (Fsp3) is 0.433. The predicted octanol–water partition coefficient (Wildman–Crippen LogP) is 4.91. The van der Waals surface area contributed by atoms with Crippen molar-refractivity contribution in [3.63, 3.8) is 0 Å². The third kappa shape index (κ3) is 6.13. The second kappa shape index (κ2) is 10.5. The fourth-order valence-electron chi connectivity index (χ4n) is 5.22. The maximum absolute atomic E-state index is 13.5. The molecule has 2 aliphatic rings. The molecule has 40 heavy (non-hydrogen) atoms. The highest BCUT2D eigenvalue weighted by molar-refractivity contribution is 7.92. The number of hydrogen-bond donors (Lipinski definition) is 2. The number of anilines is 1. The number of rotatable bonds is 3. The van der Waals surface area contributed by atoms with Gasteiger partial charge in [-0.1, -0.05) is 45.0 Å². The number of carbonyl (C=O) groups is 1. The van der Waals surface area contributed by atoms with Crippen LogP contribution >= 0.6 is 0 Å². The number of fused-ring (bicyclic) bond motifs is 4. The molecule has 9 nitrogen and oxygen atoms in total. The van der Waals surface area contributed by atoms with E-state index in [1.54, 1.807) is 18.2 Å². The maximum atomic E-state index is 13.5. The molecule has 1 aromatic heterocycles. The molecule has 1 fully saturated rings. The van der Waals surface area contributed by atoms with Gasteiger partial charge in [0.25, 0.3) is 15.9 Å². The molecule has 0 radical (unpaired) electrons. The summed E-state index contributed by atoms with van der Waals surface area (Å²) in [4.78, 5) is 24.9. The zero-order chi connectivity index (χ0) is 28.7. The van der Waals surface area contributed by atoms with Crippen LogP contribution in [0.5, 0.6) is 5.88 Å². The van der Waals surface area contributed by atoms with Crippen molar-refractivity contribution in [3.8, 4) is 17.1 Å².